The van der Waals surface area contributed by atoms with Crippen LogP contribution >= 0.6 is 0 Å². The van der Waals surface area contributed by atoms with Gasteiger partial charge in [0, 0.05) is 24.0 Å². The van der Waals surface area contributed by atoms with E-state index < -0.39 is 0 Å². The van der Waals surface area contributed by atoms with Crippen LogP contribution in [0.3, 0.4) is 0 Å². The first-order chi connectivity index (χ1) is 12.7. The number of aliphatic hydroxyl groups excluding tert-OH is 1. The van der Waals surface area contributed by atoms with Crippen molar-refractivity contribution in [2.24, 2.45) is 0 Å². The Bertz CT molecular complexity index is 1090. The van der Waals surface area contributed by atoms with E-state index in [1.54, 1.807) is 7.11 Å². The van der Waals surface area contributed by atoms with Crippen LogP contribution in [0.4, 0.5) is 5.82 Å². The molecular formula is C20H20N4O2. The standard InChI is InChI=1S/C20H20N4O2/c1-26-16-6-3-2-5-13(16)12-8-9-14-15(11-12)22-20(21)19-18(14)23-17(24-19)7-4-10-25/h2-3,5-6,8-9,11,25H,4,7,10H2,1H3,(H2,21,22)(H,23,24). The van der Waals surface area contributed by atoms with E-state index in [-0.39, 0.29) is 6.61 Å². The summed E-state index contributed by atoms with van der Waals surface area (Å²) < 4.78 is 5.46. The van der Waals surface area contributed by atoms with Crippen molar-refractivity contribution < 1.29 is 9.84 Å². The number of fused-ring (bicyclic) bond motifs is 3. The Morgan fingerprint density at radius 1 is 1.15 bits per heavy atom. The number of ether oxygens (including phenoxy) is 1. The number of aromatic amines is 1. The van der Waals surface area contributed by atoms with Crippen LogP contribution in [-0.4, -0.2) is 33.8 Å². The van der Waals surface area contributed by atoms with Crippen molar-refractivity contribution in [1.82, 2.24) is 15.0 Å². The molecule has 0 bridgehead atoms. The molecule has 0 unspecified atom stereocenters. The number of nitrogens with zero attached hydrogens (tertiary/aromatic N) is 2. The molecular weight excluding hydrogens is 328 g/mol. The van der Waals surface area contributed by atoms with Gasteiger partial charge in [0.15, 0.2) is 0 Å². The lowest BCUT2D eigenvalue weighted by Gasteiger charge is -2.09. The fourth-order valence-electron chi connectivity index (χ4n) is 3.23. The second-order valence-electron chi connectivity index (χ2n) is 6.16. The Labute approximate surface area is 150 Å². The van der Waals surface area contributed by atoms with Crippen LogP contribution in [0.15, 0.2) is 42.5 Å². The molecule has 0 aliphatic carbocycles. The van der Waals surface area contributed by atoms with Gasteiger partial charge in [-0.05, 0) is 30.2 Å². The van der Waals surface area contributed by atoms with Gasteiger partial charge in [0.25, 0.3) is 0 Å². The minimum absolute atomic E-state index is 0.133. The van der Waals surface area contributed by atoms with Gasteiger partial charge in [0.2, 0.25) is 0 Å². The fraction of sp³-hybridized carbons (Fsp3) is 0.200. The molecule has 0 aliphatic heterocycles. The number of nitrogens with two attached hydrogens (primary N) is 1. The average Bonchev–Trinajstić information content (AvgIpc) is 3.11. The van der Waals surface area contributed by atoms with E-state index in [9.17, 15) is 0 Å². The zero-order chi connectivity index (χ0) is 18.1. The van der Waals surface area contributed by atoms with Crippen molar-refractivity contribution in [2.45, 2.75) is 12.8 Å². The number of aryl methyl sites for hydroxylation is 1. The van der Waals surface area contributed by atoms with Gasteiger partial charge in [0.05, 0.1) is 12.6 Å². The Morgan fingerprint density at radius 3 is 2.81 bits per heavy atom. The molecule has 0 atom stereocenters. The maximum Gasteiger partial charge on any atom is 0.150 e. The molecule has 2 aromatic carbocycles. The number of hydrogen-bond acceptors (Lipinski definition) is 5. The van der Waals surface area contributed by atoms with Crippen LogP contribution in [-0.2, 0) is 6.42 Å². The van der Waals surface area contributed by atoms with Crippen LogP contribution in [0, 0.1) is 0 Å². The smallest absolute Gasteiger partial charge is 0.150 e. The van der Waals surface area contributed by atoms with E-state index in [0.717, 1.165) is 44.6 Å². The lowest BCUT2D eigenvalue weighted by atomic mass is 10.0. The van der Waals surface area contributed by atoms with E-state index in [2.05, 4.69) is 15.0 Å². The average molecular weight is 348 g/mol. The molecule has 4 N–H and O–H groups in total. The summed E-state index contributed by atoms with van der Waals surface area (Å²) in [5.74, 6) is 2.04. The maximum atomic E-state index is 9.02. The van der Waals surface area contributed by atoms with Crippen molar-refractivity contribution in [3.63, 3.8) is 0 Å². The molecule has 4 aromatic rings. The molecule has 6 heteroatoms. The number of nitrogen functional groups attached to an aromatic ring is 1. The Kier molecular flexibility index (Phi) is 4.18. The van der Waals surface area contributed by atoms with Crippen LogP contribution in [0.25, 0.3) is 33.1 Å². The third-order valence-electron chi connectivity index (χ3n) is 4.49. The zero-order valence-corrected chi connectivity index (χ0v) is 14.5. The number of aromatic nitrogens is 3. The van der Waals surface area contributed by atoms with Gasteiger partial charge in [-0.1, -0.05) is 24.3 Å². The molecule has 0 amide bonds. The summed E-state index contributed by atoms with van der Waals surface area (Å²) in [4.78, 5) is 12.4. The first kappa shape index (κ1) is 16.4. The molecule has 0 radical (unpaired) electrons. The number of rotatable bonds is 5. The number of aliphatic hydroxyl groups is 1. The van der Waals surface area contributed by atoms with Gasteiger partial charge in [0.1, 0.15) is 28.4 Å². The van der Waals surface area contributed by atoms with Crippen LogP contribution in [0.5, 0.6) is 5.75 Å². The van der Waals surface area contributed by atoms with Crippen molar-refractivity contribution in [3.05, 3.63) is 48.3 Å². The van der Waals surface area contributed by atoms with E-state index in [1.807, 2.05) is 42.5 Å². The summed E-state index contributed by atoms with van der Waals surface area (Å²) in [7, 11) is 1.66. The van der Waals surface area contributed by atoms with E-state index in [4.69, 9.17) is 15.6 Å². The molecule has 2 aromatic heterocycles. The van der Waals surface area contributed by atoms with E-state index in [1.165, 1.54) is 0 Å². The van der Waals surface area contributed by atoms with Crippen molar-refractivity contribution in [2.75, 3.05) is 19.5 Å². The van der Waals surface area contributed by atoms with Gasteiger partial charge < -0.3 is 20.6 Å². The summed E-state index contributed by atoms with van der Waals surface area (Å²) >= 11 is 0. The molecule has 26 heavy (non-hydrogen) atoms. The summed E-state index contributed by atoms with van der Waals surface area (Å²) in [5.41, 5.74) is 10.5. The lowest BCUT2D eigenvalue weighted by molar-refractivity contribution is 0.287. The second-order valence-corrected chi connectivity index (χ2v) is 6.16. The number of hydrogen-bond donors (Lipinski definition) is 3. The van der Waals surface area contributed by atoms with Gasteiger partial charge in [-0.3, -0.25) is 0 Å². The number of pyridine rings is 1. The monoisotopic (exact) mass is 348 g/mol. The highest BCUT2D eigenvalue weighted by Gasteiger charge is 2.13. The van der Waals surface area contributed by atoms with Crippen molar-refractivity contribution >= 4 is 27.8 Å². The molecule has 0 aliphatic rings. The SMILES string of the molecule is COc1ccccc1-c1ccc2c(c1)nc(N)c1[nH]c(CCCO)nc12. The number of anilines is 1. The maximum absolute atomic E-state index is 9.02. The largest absolute Gasteiger partial charge is 0.496 e. The molecule has 132 valence electrons. The number of benzene rings is 2. The minimum atomic E-state index is 0.133. The molecule has 4 rings (SSSR count). The highest BCUT2D eigenvalue weighted by molar-refractivity contribution is 6.07. The first-order valence-electron chi connectivity index (χ1n) is 8.53. The Morgan fingerprint density at radius 2 is 2.00 bits per heavy atom. The predicted octanol–water partition coefficient (Wildman–Crippen LogP) is 3.29. The third kappa shape index (κ3) is 2.74. The molecule has 0 saturated heterocycles. The number of methoxy groups -OCH3 is 1. The molecule has 2 heterocycles. The van der Waals surface area contributed by atoms with Gasteiger partial charge in [-0.15, -0.1) is 0 Å². The Hall–Kier alpha value is -3.12. The summed E-state index contributed by atoms with van der Waals surface area (Å²) in [5, 5.41) is 9.97. The number of nitrogens with one attached hydrogen (secondary N) is 1. The minimum Gasteiger partial charge on any atom is -0.496 e. The third-order valence-corrected chi connectivity index (χ3v) is 4.49. The second kappa shape index (κ2) is 6.65. The highest BCUT2D eigenvalue weighted by atomic mass is 16.5. The predicted molar refractivity (Wildman–Crippen MR) is 103 cm³/mol. The number of imidazole rings is 1. The fourth-order valence-corrected chi connectivity index (χ4v) is 3.23. The molecule has 0 fully saturated rings. The van der Waals surface area contributed by atoms with Crippen molar-refractivity contribution in [3.8, 4) is 16.9 Å². The van der Waals surface area contributed by atoms with E-state index >= 15 is 0 Å². The van der Waals surface area contributed by atoms with Crippen LogP contribution in [0.2, 0.25) is 0 Å². The molecule has 0 saturated carbocycles. The summed E-state index contributed by atoms with van der Waals surface area (Å²) in [6.45, 7) is 0.133. The van der Waals surface area contributed by atoms with Crippen molar-refractivity contribution in [1.29, 1.82) is 0 Å². The Balaban J connectivity index is 1.87. The quantitative estimate of drug-likeness (QED) is 0.514. The van der Waals surface area contributed by atoms with Crippen LogP contribution in [0.1, 0.15) is 12.2 Å². The lowest BCUT2D eigenvalue weighted by Crippen LogP contribution is -1.94. The topological polar surface area (TPSA) is 97.0 Å². The summed E-state index contributed by atoms with van der Waals surface area (Å²) in [6, 6.07) is 13.9. The molecule has 6 nitrogen and oxygen atoms in total. The van der Waals surface area contributed by atoms with Crippen LogP contribution < -0.4 is 10.5 Å². The normalized spacial score (nSPS) is 11.3. The summed E-state index contributed by atoms with van der Waals surface area (Å²) in [6.07, 6.45) is 1.33. The zero-order valence-electron chi connectivity index (χ0n) is 14.5. The first-order valence-corrected chi connectivity index (χ1v) is 8.53. The van der Waals surface area contributed by atoms with Gasteiger partial charge in [-0.25, -0.2) is 9.97 Å². The highest BCUT2D eigenvalue weighted by Crippen LogP contribution is 2.33. The molecule has 0 spiro atoms. The van der Waals surface area contributed by atoms with Gasteiger partial charge >= 0.3 is 0 Å². The van der Waals surface area contributed by atoms with E-state index in [0.29, 0.717) is 18.7 Å². The number of para-hydroxylation sites is 1. The number of H-pyrrole nitrogens is 1. The van der Waals surface area contributed by atoms with Gasteiger partial charge in [-0.2, -0.15) is 0 Å².